The number of halogens is 1. The van der Waals surface area contributed by atoms with Crippen molar-refractivity contribution in [1.29, 1.82) is 0 Å². The van der Waals surface area contributed by atoms with Crippen LogP contribution < -0.4 is 15.0 Å². The third-order valence-electron chi connectivity index (χ3n) is 4.60. The summed E-state index contributed by atoms with van der Waals surface area (Å²) in [5.74, 6) is 0.931. The summed E-state index contributed by atoms with van der Waals surface area (Å²) in [7, 11) is 1.67. The van der Waals surface area contributed by atoms with Crippen LogP contribution in [0.2, 0.25) is 0 Å². The zero-order valence-electron chi connectivity index (χ0n) is 14.6. The molecule has 2 aromatic carbocycles. The molecule has 0 bridgehead atoms. The molecule has 0 radical (unpaired) electrons. The first kappa shape index (κ1) is 18.0. The quantitative estimate of drug-likeness (QED) is 0.745. The molecule has 1 unspecified atom stereocenters. The Hall–Kier alpha value is -1.85. The van der Waals surface area contributed by atoms with E-state index in [1.54, 1.807) is 7.11 Å². The van der Waals surface area contributed by atoms with Gasteiger partial charge in [0, 0.05) is 28.6 Å². The van der Waals surface area contributed by atoms with E-state index < -0.39 is 0 Å². The summed E-state index contributed by atoms with van der Waals surface area (Å²) >= 11 is 3.45. The number of carbonyl (C=O) groups is 1. The van der Waals surface area contributed by atoms with E-state index >= 15 is 0 Å². The van der Waals surface area contributed by atoms with E-state index in [1.165, 1.54) is 23.3 Å². The Morgan fingerprint density at radius 3 is 2.56 bits per heavy atom. The molecule has 2 aromatic rings. The topological polar surface area (TPSA) is 42.8 Å². The largest absolute Gasteiger partial charge is 0.497 e. The number of carbonyl (C=O) groups excluding carboxylic acids is 1. The molecule has 1 amide bonds. The molecule has 1 atom stereocenters. The summed E-state index contributed by atoms with van der Waals surface area (Å²) in [5.41, 5.74) is 3.17. The van der Waals surface area contributed by atoms with Crippen LogP contribution in [0.1, 0.15) is 24.0 Å². The van der Waals surface area contributed by atoms with E-state index in [2.05, 4.69) is 33.4 Å². The number of aryl methyl sites for hydroxylation is 1. The molecule has 0 aliphatic heterocycles. The standard InChI is InChI=1S/C20H23BrN2O2/c1-14-11-16(21)5-10-19(14)22-20(24)13-23(17-6-7-17)12-15-3-8-18(25-2)9-4-15/h3-5,8-11,17H,6-7,12-13H2,1-2H3,(H,22,24)/p+1. The van der Waals surface area contributed by atoms with Crippen molar-refractivity contribution >= 4 is 27.5 Å². The maximum atomic E-state index is 12.5. The normalized spacial score (nSPS) is 14.8. The molecule has 3 rings (SSSR count). The number of methoxy groups -OCH3 is 1. The van der Waals surface area contributed by atoms with Crippen LogP contribution in [-0.4, -0.2) is 25.6 Å². The second kappa shape index (κ2) is 8.02. The molecular formula is C20H24BrN2O2+. The number of anilines is 1. The smallest absolute Gasteiger partial charge is 0.279 e. The average molecular weight is 404 g/mol. The zero-order valence-corrected chi connectivity index (χ0v) is 16.2. The van der Waals surface area contributed by atoms with Gasteiger partial charge in [-0.15, -0.1) is 0 Å². The predicted molar refractivity (Wildman–Crippen MR) is 103 cm³/mol. The minimum absolute atomic E-state index is 0.0702. The van der Waals surface area contributed by atoms with Gasteiger partial charge in [0.15, 0.2) is 6.54 Å². The van der Waals surface area contributed by atoms with Crippen molar-refractivity contribution in [1.82, 2.24) is 0 Å². The Morgan fingerprint density at radius 2 is 1.96 bits per heavy atom. The minimum Gasteiger partial charge on any atom is -0.497 e. The van der Waals surface area contributed by atoms with Gasteiger partial charge >= 0.3 is 0 Å². The Balaban J connectivity index is 1.62. The minimum atomic E-state index is 0.0702. The van der Waals surface area contributed by atoms with Crippen LogP contribution in [-0.2, 0) is 11.3 Å². The molecule has 0 saturated heterocycles. The fourth-order valence-corrected chi connectivity index (χ4v) is 3.49. The maximum absolute atomic E-state index is 12.5. The van der Waals surface area contributed by atoms with Gasteiger partial charge in [-0.1, -0.05) is 15.9 Å². The van der Waals surface area contributed by atoms with E-state index in [0.717, 1.165) is 28.0 Å². The highest BCUT2D eigenvalue weighted by Crippen LogP contribution is 2.20. The molecule has 1 aliphatic carbocycles. The summed E-state index contributed by atoms with van der Waals surface area (Å²) in [6.07, 6.45) is 2.41. The van der Waals surface area contributed by atoms with E-state index in [-0.39, 0.29) is 5.91 Å². The monoisotopic (exact) mass is 403 g/mol. The fraction of sp³-hybridized carbons (Fsp3) is 0.350. The highest BCUT2D eigenvalue weighted by Gasteiger charge is 2.34. The molecule has 0 heterocycles. The number of benzene rings is 2. The van der Waals surface area contributed by atoms with Gasteiger partial charge in [0.2, 0.25) is 0 Å². The summed E-state index contributed by atoms with van der Waals surface area (Å²) in [4.78, 5) is 13.9. The lowest BCUT2D eigenvalue weighted by Crippen LogP contribution is -3.13. The van der Waals surface area contributed by atoms with Gasteiger partial charge in [-0.2, -0.15) is 0 Å². The van der Waals surface area contributed by atoms with Crippen LogP contribution in [0.15, 0.2) is 46.9 Å². The van der Waals surface area contributed by atoms with Crippen molar-refractivity contribution < 1.29 is 14.4 Å². The lowest BCUT2D eigenvalue weighted by atomic mass is 10.2. The molecule has 25 heavy (non-hydrogen) atoms. The van der Waals surface area contributed by atoms with E-state index in [1.807, 2.05) is 37.3 Å². The SMILES string of the molecule is COc1ccc(C[NH+](CC(=O)Nc2ccc(Br)cc2C)C2CC2)cc1. The molecule has 1 saturated carbocycles. The van der Waals surface area contributed by atoms with E-state index in [4.69, 9.17) is 4.74 Å². The number of quaternary nitrogens is 1. The van der Waals surface area contributed by atoms with Crippen LogP contribution in [0.3, 0.4) is 0 Å². The van der Waals surface area contributed by atoms with E-state index in [0.29, 0.717) is 12.6 Å². The Labute approximate surface area is 157 Å². The Kier molecular flexibility index (Phi) is 5.76. The van der Waals surface area contributed by atoms with Crippen molar-refractivity contribution in [2.45, 2.75) is 32.4 Å². The number of nitrogens with one attached hydrogen (secondary N) is 2. The lowest BCUT2D eigenvalue weighted by molar-refractivity contribution is -0.916. The fourth-order valence-electron chi connectivity index (χ4n) is 3.02. The second-order valence-corrected chi connectivity index (χ2v) is 7.56. The lowest BCUT2D eigenvalue weighted by Gasteiger charge is -2.19. The first-order valence-corrected chi connectivity index (χ1v) is 9.38. The maximum Gasteiger partial charge on any atom is 0.279 e. The van der Waals surface area contributed by atoms with Crippen molar-refractivity contribution in [3.05, 3.63) is 58.1 Å². The summed E-state index contributed by atoms with van der Waals surface area (Å²) in [5, 5.41) is 3.05. The summed E-state index contributed by atoms with van der Waals surface area (Å²) in [6.45, 7) is 3.36. The first-order valence-electron chi connectivity index (χ1n) is 8.58. The molecular weight excluding hydrogens is 380 g/mol. The Bertz CT molecular complexity index is 742. The second-order valence-electron chi connectivity index (χ2n) is 6.64. The number of amides is 1. The van der Waals surface area contributed by atoms with Crippen molar-refractivity contribution in [2.24, 2.45) is 0 Å². The predicted octanol–water partition coefficient (Wildman–Crippen LogP) is 2.95. The molecule has 2 N–H and O–H groups in total. The van der Waals surface area contributed by atoms with Crippen LogP contribution in [0, 0.1) is 6.92 Å². The van der Waals surface area contributed by atoms with Crippen molar-refractivity contribution in [2.75, 3.05) is 19.0 Å². The molecule has 1 aliphatic rings. The zero-order chi connectivity index (χ0) is 17.8. The number of rotatable bonds is 7. The number of hydrogen-bond acceptors (Lipinski definition) is 2. The van der Waals surface area contributed by atoms with Gasteiger partial charge in [0.25, 0.3) is 5.91 Å². The third kappa shape index (κ3) is 5.06. The summed E-state index contributed by atoms with van der Waals surface area (Å²) < 4.78 is 6.23. The van der Waals surface area contributed by atoms with Gasteiger partial charge in [-0.3, -0.25) is 4.79 Å². The molecule has 0 aromatic heterocycles. The molecule has 5 heteroatoms. The molecule has 0 spiro atoms. The molecule has 4 nitrogen and oxygen atoms in total. The Morgan fingerprint density at radius 1 is 1.24 bits per heavy atom. The van der Waals surface area contributed by atoms with Gasteiger partial charge in [-0.05, 0) is 55.0 Å². The average Bonchev–Trinajstić information content (AvgIpc) is 3.42. The van der Waals surface area contributed by atoms with Gasteiger partial charge in [0.1, 0.15) is 12.3 Å². The van der Waals surface area contributed by atoms with Gasteiger partial charge < -0.3 is 15.0 Å². The van der Waals surface area contributed by atoms with Crippen LogP contribution in [0.4, 0.5) is 5.69 Å². The van der Waals surface area contributed by atoms with Gasteiger partial charge in [-0.25, -0.2) is 0 Å². The number of hydrogen-bond donors (Lipinski definition) is 2. The highest BCUT2D eigenvalue weighted by molar-refractivity contribution is 9.10. The van der Waals surface area contributed by atoms with Crippen LogP contribution in [0.25, 0.3) is 0 Å². The number of ether oxygens (including phenoxy) is 1. The highest BCUT2D eigenvalue weighted by atomic mass is 79.9. The van der Waals surface area contributed by atoms with Crippen molar-refractivity contribution in [3.63, 3.8) is 0 Å². The van der Waals surface area contributed by atoms with Crippen molar-refractivity contribution in [3.8, 4) is 5.75 Å². The molecule has 1 fully saturated rings. The summed E-state index contributed by atoms with van der Waals surface area (Å²) in [6, 6.07) is 14.6. The third-order valence-corrected chi connectivity index (χ3v) is 5.09. The first-order chi connectivity index (χ1) is 12.0. The van der Waals surface area contributed by atoms with Crippen LogP contribution >= 0.6 is 15.9 Å². The van der Waals surface area contributed by atoms with E-state index in [9.17, 15) is 4.79 Å². The van der Waals surface area contributed by atoms with Crippen LogP contribution in [0.5, 0.6) is 5.75 Å². The molecule has 132 valence electrons. The van der Waals surface area contributed by atoms with Gasteiger partial charge in [0.05, 0.1) is 13.2 Å².